The summed E-state index contributed by atoms with van der Waals surface area (Å²) in [5.74, 6) is 0.314. The molecule has 30 heavy (non-hydrogen) atoms. The summed E-state index contributed by atoms with van der Waals surface area (Å²) < 4.78 is 32.9. The summed E-state index contributed by atoms with van der Waals surface area (Å²) in [7, 11) is -3.63. The summed E-state index contributed by atoms with van der Waals surface area (Å²) in [5, 5.41) is 2.95. The highest BCUT2D eigenvalue weighted by Gasteiger charge is 2.27. The fraction of sp³-hybridized carbons (Fsp3) is 0.409. The molecule has 3 rings (SSSR count). The van der Waals surface area contributed by atoms with Crippen molar-refractivity contribution in [2.45, 2.75) is 38.0 Å². The zero-order valence-electron chi connectivity index (χ0n) is 17.3. The Kier molecular flexibility index (Phi) is 7.39. The van der Waals surface area contributed by atoms with Gasteiger partial charge in [0, 0.05) is 13.1 Å². The Morgan fingerprint density at radius 2 is 1.73 bits per heavy atom. The van der Waals surface area contributed by atoms with Crippen molar-refractivity contribution in [3.8, 4) is 5.75 Å². The molecule has 0 bridgehead atoms. The van der Waals surface area contributed by atoms with E-state index >= 15 is 0 Å². The minimum atomic E-state index is -3.63. The minimum Gasteiger partial charge on any atom is -0.492 e. The Morgan fingerprint density at radius 3 is 2.40 bits per heavy atom. The van der Waals surface area contributed by atoms with Crippen LogP contribution in [0, 0.1) is 13.8 Å². The maximum absolute atomic E-state index is 12.9. The fourth-order valence-corrected chi connectivity index (χ4v) is 5.29. The van der Waals surface area contributed by atoms with Gasteiger partial charge < -0.3 is 10.1 Å². The van der Waals surface area contributed by atoms with Gasteiger partial charge in [-0.05, 0) is 68.1 Å². The van der Waals surface area contributed by atoms with Gasteiger partial charge in [0.05, 0.1) is 22.0 Å². The van der Waals surface area contributed by atoms with Gasteiger partial charge in [-0.3, -0.25) is 4.79 Å². The van der Waals surface area contributed by atoms with Crippen LogP contribution < -0.4 is 10.1 Å². The molecule has 1 N–H and O–H groups in total. The van der Waals surface area contributed by atoms with E-state index in [1.807, 2.05) is 26.0 Å². The number of rotatable bonds is 7. The normalized spacial score (nSPS) is 15.0. The molecule has 1 aliphatic rings. The summed E-state index contributed by atoms with van der Waals surface area (Å²) in [5.41, 5.74) is 2.35. The molecule has 0 aliphatic carbocycles. The van der Waals surface area contributed by atoms with Crippen LogP contribution in [0.2, 0.25) is 5.02 Å². The molecule has 8 heteroatoms. The Morgan fingerprint density at radius 1 is 1.07 bits per heavy atom. The number of carbonyl (C=O) groups is 1. The van der Waals surface area contributed by atoms with Crippen molar-refractivity contribution in [3.05, 3.63) is 58.1 Å². The average Bonchev–Trinajstić information content (AvgIpc) is 2.71. The van der Waals surface area contributed by atoms with E-state index < -0.39 is 15.9 Å². The topological polar surface area (TPSA) is 75.7 Å². The first-order valence-electron chi connectivity index (χ1n) is 10.1. The van der Waals surface area contributed by atoms with Crippen LogP contribution in [-0.2, 0) is 10.0 Å². The van der Waals surface area contributed by atoms with Gasteiger partial charge in [0.25, 0.3) is 5.91 Å². The van der Waals surface area contributed by atoms with Crippen LogP contribution >= 0.6 is 11.6 Å². The van der Waals surface area contributed by atoms with Gasteiger partial charge in [-0.25, -0.2) is 8.42 Å². The van der Waals surface area contributed by atoms with E-state index in [-0.39, 0.29) is 28.6 Å². The van der Waals surface area contributed by atoms with E-state index in [0.29, 0.717) is 13.1 Å². The predicted octanol–water partition coefficient (Wildman–Crippen LogP) is 3.94. The molecule has 0 spiro atoms. The highest BCUT2D eigenvalue weighted by Crippen LogP contribution is 2.25. The fourth-order valence-electron chi connectivity index (χ4n) is 3.54. The van der Waals surface area contributed by atoms with Crippen LogP contribution in [0.1, 0.15) is 40.7 Å². The van der Waals surface area contributed by atoms with Gasteiger partial charge >= 0.3 is 0 Å². The molecule has 2 aromatic rings. The van der Waals surface area contributed by atoms with Crippen molar-refractivity contribution in [3.63, 3.8) is 0 Å². The Balaban J connectivity index is 1.63. The summed E-state index contributed by atoms with van der Waals surface area (Å²) >= 11 is 6.17. The highest BCUT2D eigenvalue weighted by molar-refractivity contribution is 7.89. The number of hydrogen-bond acceptors (Lipinski definition) is 4. The van der Waals surface area contributed by atoms with Gasteiger partial charge in [-0.1, -0.05) is 24.1 Å². The smallest absolute Gasteiger partial charge is 0.252 e. The largest absolute Gasteiger partial charge is 0.492 e. The van der Waals surface area contributed by atoms with Gasteiger partial charge in [0.1, 0.15) is 12.4 Å². The summed E-state index contributed by atoms with van der Waals surface area (Å²) in [6, 6.07) is 10.2. The standard InChI is InChI=1S/C22H27ClN2O4S/c1-16-12-17(2)14-18(13-16)29-11-8-24-22(26)20-15-19(6-7-21(20)23)30(27,28)25-9-4-3-5-10-25/h6-7,12-15H,3-5,8-11H2,1-2H3,(H,24,26). The van der Waals surface area contributed by atoms with Gasteiger partial charge in [-0.15, -0.1) is 0 Å². The Labute approximate surface area is 183 Å². The van der Waals surface area contributed by atoms with Crippen LogP contribution in [0.3, 0.4) is 0 Å². The monoisotopic (exact) mass is 450 g/mol. The number of halogens is 1. The predicted molar refractivity (Wildman–Crippen MR) is 118 cm³/mol. The maximum atomic E-state index is 12.9. The van der Waals surface area contributed by atoms with Crippen molar-refractivity contribution in [1.82, 2.24) is 9.62 Å². The summed E-state index contributed by atoms with van der Waals surface area (Å²) in [4.78, 5) is 12.7. The molecule has 0 aromatic heterocycles. The van der Waals surface area contributed by atoms with E-state index in [2.05, 4.69) is 11.4 Å². The molecule has 2 aromatic carbocycles. The molecule has 6 nitrogen and oxygen atoms in total. The lowest BCUT2D eigenvalue weighted by Gasteiger charge is -2.26. The van der Waals surface area contributed by atoms with Crippen LogP contribution in [0.4, 0.5) is 0 Å². The third-order valence-electron chi connectivity index (χ3n) is 4.99. The molecule has 0 atom stereocenters. The number of nitrogens with one attached hydrogen (secondary N) is 1. The number of carbonyl (C=O) groups excluding carboxylic acids is 1. The molecule has 162 valence electrons. The number of nitrogens with zero attached hydrogens (tertiary/aromatic N) is 1. The van der Waals surface area contributed by atoms with Crippen LogP contribution in [-0.4, -0.2) is 44.9 Å². The summed E-state index contributed by atoms with van der Waals surface area (Å²) in [6.07, 6.45) is 2.73. The van der Waals surface area contributed by atoms with E-state index in [4.69, 9.17) is 16.3 Å². The van der Waals surface area contributed by atoms with Crippen LogP contribution in [0.5, 0.6) is 5.75 Å². The average molecular weight is 451 g/mol. The third-order valence-corrected chi connectivity index (χ3v) is 7.21. The zero-order chi connectivity index (χ0) is 21.7. The second-order valence-corrected chi connectivity index (χ2v) is 9.88. The van der Waals surface area contributed by atoms with Gasteiger partial charge in [0.2, 0.25) is 10.0 Å². The zero-order valence-corrected chi connectivity index (χ0v) is 18.9. The van der Waals surface area contributed by atoms with Crippen molar-refractivity contribution in [2.75, 3.05) is 26.2 Å². The van der Waals surface area contributed by atoms with Crippen molar-refractivity contribution in [2.24, 2.45) is 0 Å². The molecule has 1 saturated heterocycles. The third kappa shape index (κ3) is 5.53. The first-order chi connectivity index (χ1) is 14.3. The number of ether oxygens (including phenoxy) is 1. The number of piperidine rings is 1. The van der Waals surface area contributed by atoms with E-state index in [1.165, 1.54) is 22.5 Å². The number of benzene rings is 2. The SMILES string of the molecule is Cc1cc(C)cc(OCCNC(=O)c2cc(S(=O)(=O)N3CCCCC3)ccc2Cl)c1. The second kappa shape index (κ2) is 9.81. The number of aryl methyl sites for hydroxylation is 2. The molecule has 1 aliphatic heterocycles. The molecule has 1 amide bonds. The number of sulfonamides is 1. The molecule has 1 fully saturated rings. The molecular weight excluding hydrogens is 424 g/mol. The van der Waals surface area contributed by atoms with Crippen molar-refractivity contribution >= 4 is 27.5 Å². The first kappa shape index (κ1) is 22.6. The van der Waals surface area contributed by atoms with Crippen LogP contribution in [0.25, 0.3) is 0 Å². The van der Waals surface area contributed by atoms with E-state index in [0.717, 1.165) is 36.1 Å². The Hall–Kier alpha value is -2.09. The lowest BCUT2D eigenvalue weighted by molar-refractivity contribution is 0.0947. The molecular formula is C22H27ClN2O4S. The van der Waals surface area contributed by atoms with Crippen LogP contribution in [0.15, 0.2) is 41.3 Å². The minimum absolute atomic E-state index is 0.0884. The molecule has 1 heterocycles. The highest BCUT2D eigenvalue weighted by atomic mass is 35.5. The first-order valence-corrected chi connectivity index (χ1v) is 11.9. The maximum Gasteiger partial charge on any atom is 0.252 e. The second-order valence-electron chi connectivity index (χ2n) is 7.53. The quantitative estimate of drug-likeness (QED) is 0.648. The molecule has 0 saturated carbocycles. The molecule has 0 unspecified atom stereocenters. The van der Waals surface area contributed by atoms with Gasteiger partial charge in [0.15, 0.2) is 0 Å². The van der Waals surface area contributed by atoms with Crippen molar-refractivity contribution < 1.29 is 17.9 Å². The Bertz CT molecular complexity index is 998. The van der Waals surface area contributed by atoms with Gasteiger partial charge in [-0.2, -0.15) is 4.31 Å². The van der Waals surface area contributed by atoms with E-state index in [9.17, 15) is 13.2 Å². The van der Waals surface area contributed by atoms with Crippen molar-refractivity contribution in [1.29, 1.82) is 0 Å². The lowest BCUT2D eigenvalue weighted by Crippen LogP contribution is -2.35. The molecule has 0 radical (unpaired) electrons. The van der Waals surface area contributed by atoms with E-state index in [1.54, 1.807) is 0 Å². The summed E-state index contributed by atoms with van der Waals surface area (Å²) in [6.45, 7) is 5.55. The number of hydrogen-bond donors (Lipinski definition) is 1. The number of amides is 1. The lowest BCUT2D eigenvalue weighted by atomic mass is 10.1.